The Morgan fingerprint density at radius 2 is 1.70 bits per heavy atom. The molecule has 2 saturated heterocycles. The zero-order valence-electron chi connectivity index (χ0n) is 13.3. The fourth-order valence-corrected chi connectivity index (χ4v) is 3.54. The Hall–Kier alpha value is -1.06. The molecule has 0 aromatic carbocycles. The highest BCUT2D eigenvalue weighted by molar-refractivity contribution is 5.81. The summed E-state index contributed by atoms with van der Waals surface area (Å²) in [7, 11) is 1.88. The Balaban J connectivity index is 1.81. The highest BCUT2D eigenvalue weighted by Crippen LogP contribution is 2.29. The molecule has 0 saturated carbocycles. The lowest BCUT2D eigenvalue weighted by Gasteiger charge is -2.23. The minimum atomic E-state index is 0.165. The molecule has 4 heteroatoms. The van der Waals surface area contributed by atoms with E-state index in [1.165, 1.54) is 0 Å². The van der Waals surface area contributed by atoms with Gasteiger partial charge in [-0.2, -0.15) is 0 Å². The van der Waals surface area contributed by atoms with Crippen molar-refractivity contribution in [3.8, 4) is 0 Å². The average Bonchev–Trinajstić information content (AvgIpc) is 2.92. The minimum absolute atomic E-state index is 0.165. The molecule has 3 atom stereocenters. The zero-order chi connectivity index (χ0) is 14.9. The van der Waals surface area contributed by atoms with Gasteiger partial charge in [-0.05, 0) is 31.1 Å². The normalized spacial score (nSPS) is 28.9. The standard InChI is InChI=1S/C16H28N2O2/c1-11(2)13-7-10-18(16(13)20)9-5-12(3)14-6-8-17(4)15(14)19/h11-14H,5-10H2,1-4H3/t12?,13-,14?/m1/s1. The average molecular weight is 280 g/mol. The van der Waals surface area contributed by atoms with Gasteiger partial charge in [-0.3, -0.25) is 9.59 Å². The van der Waals surface area contributed by atoms with Gasteiger partial charge >= 0.3 is 0 Å². The fourth-order valence-electron chi connectivity index (χ4n) is 3.54. The molecule has 0 aromatic rings. The van der Waals surface area contributed by atoms with Crippen LogP contribution in [0.4, 0.5) is 0 Å². The van der Waals surface area contributed by atoms with Gasteiger partial charge in [0.25, 0.3) is 0 Å². The van der Waals surface area contributed by atoms with Gasteiger partial charge in [0.15, 0.2) is 0 Å². The lowest BCUT2D eigenvalue weighted by Crippen LogP contribution is -2.32. The Labute approximate surface area is 122 Å². The van der Waals surface area contributed by atoms with E-state index in [2.05, 4.69) is 20.8 Å². The molecule has 0 spiro atoms. The van der Waals surface area contributed by atoms with E-state index in [4.69, 9.17) is 0 Å². The maximum atomic E-state index is 12.2. The van der Waals surface area contributed by atoms with Crippen LogP contribution in [0.5, 0.6) is 0 Å². The summed E-state index contributed by atoms with van der Waals surface area (Å²) >= 11 is 0. The van der Waals surface area contributed by atoms with Crippen LogP contribution >= 0.6 is 0 Å². The van der Waals surface area contributed by atoms with Gasteiger partial charge in [-0.15, -0.1) is 0 Å². The molecular weight excluding hydrogens is 252 g/mol. The van der Waals surface area contributed by atoms with Crippen molar-refractivity contribution in [2.45, 2.75) is 40.0 Å². The molecule has 2 fully saturated rings. The van der Waals surface area contributed by atoms with Gasteiger partial charge in [0.1, 0.15) is 0 Å². The van der Waals surface area contributed by atoms with E-state index in [1.807, 2.05) is 16.8 Å². The summed E-state index contributed by atoms with van der Waals surface area (Å²) in [6, 6.07) is 0. The molecule has 0 aliphatic carbocycles. The Morgan fingerprint density at radius 3 is 2.20 bits per heavy atom. The van der Waals surface area contributed by atoms with Crippen molar-refractivity contribution in [1.29, 1.82) is 0 Å². The summed E-state index contributed by atoms with van der Waals surface area (Å²) in [6.45, 7) is 9.00. The molecule has 2 unspecified atom stereocenters. The number of carbonyl (C=O) groups excluding carboxylic acids is 2. The molecule has 0 radical (unpaired) electrons. The van der Waals surface area contributed by atoms with Crippen LogP contribution < -0.4 is 0 Å². The number of nitrogens with zero attached hydrogens (tertiary/aromatic N) is 2. The number of amides is 2. The molecule has 114 valence electrons. The molecule has 4 nitrogen and oxygen atoms in total. The number of carbonyl (C=O) groups is 2. The molecule has 0 aromatic heterocycles. The first-order valence-electron chi connectivity index (χ1n) is 7.95. The zero-order valence-corrected chi connectivity index (χ0v) is 13.3. The summed E-state index contributed by atoms with van der Waals surface area (Å²) in [6.07, 6.45) is 2.91. The monoisotopic (exact) mass is 280 g/mol. The Morgan fingerprint density at radius 1 is 1.05 bits per heavy atom. The van der Waals surface area contributed by atoms with Crippen molar-refractivity contribution >= 4 is 11.8 Å². The maximum Gasteiger partial charge on any atom is 0.226 e. The van der Waals surface area contributed by atoms with Crippen LogP contribution in [0.2, 0.25) is 0 Å². The topological polar surface area (TPSA) is 40.6 Å². The summed E-state index contributed by atoms with van der Waals surface area (Å²) in [5.74, 6) is 1.80. The Bertz CT molecular complexity index is 381. The van der Waals surface area contributed by atoms with Gasteiger partial charge in [-0.25, -0.2) is 0 Å². The van der Waals surface area contributed by atoms with Gasteiger partial charge < -0.3 is 9.80 Å². The van der Waals surface area contributed by atoms with E-state index in [-0.39, 0.29) is 17.7 Å². The molecule has 0 bridgehead atoms. The molecule has 2 amide bonds. The number of likely N-dealkylation sites (tertiary alicyclic amines) is 2. The first-order chi connectivity index (χ1) is 9.41. The second-order valence-corrected chi connectivity index (χ2v) is 6.89. The lowest BCUT2D eigenvalue weighted by atomic mass is 9.89. The summed E-state index contributed by atoms with van der Waals surface area (Å²) in [5, 5.41) is 0. The van der Waals surface area contributed by atoms with Crippen LogP contribution in [0.3, 0.4) is 0 Å². The van der Waals surface area contributed by atoms with Crippen molar-refractivity contribution in [3.63, 3.8) is 0 Å². The predicted octanol–water partition coefficient (Wildman–Crippen LogP) is 2.00. The number of hydrogen-bond acceptors (Lipinski definition) is 2. The molecule has 0 N–H and O–H groups in total. The van der Waals surface area contributed by atoms with E-state index in [0.717, 1.165) is 38.9 Å². The fraction of sp³-hybridized carbons (Fsp3) is 0.875. The smallest absolute Gasteiger partial charge is 0.226 e. The van der Waals surface area contributed by atoms with Gasteiger partial charge in [-0.1, -0.05) is 20.8 Å². The third-order valence-electron chi connectivity index (χ3n) is 5.15. The van der Waals surface area contributed by atoms with Gasteiger partial charge in [0.2, 0.25) is 11.8 Å². The van der Waals surface area contributed by atoms with Crippen LogP contribution in [0.15, 0.2) is 0 Å². The second-order valence-electron chi connectivity index (χ2n) is 6.89. The van der Waals surface area contributed by atoms with Crippen molar-refractivity contribution in [2.75, 3.05) is 26.7 Å². The van der Waals surface area contributed by atoms with Crippen LogP contribution in [0.1, 0.15) is 40.0 Å². The Kier molecular flexibility index (Phi) is 4.71. The van der Waals surface area contributed by atoms with E-state index in [0.29, 0.717) is 17.7 Å². The van der Waals surface area contributed by atoms with Crippen LogP contribution in [-0.2, 0) is 9.59 Å². The molecule has 2 heterocycles. The molecule has 2 rings (SSSR count). The first kappa shape index (κ1) is 15.3. The van der Waals surface area contributed by atoms with Gasteiger partial charge in [0.05, 0.1) is 0 Å². The first-order valence-corrected chi connectivity index (χ1v) is 7.95. The SMILES string of the molecule is CC(CCN1CC[C@H](C(C)C)C1=O)C1CCN(C)C1=O. The largest absolute Gasteiger partial charge is 0.345 e. The molecular formula is C16H28N2O2. The van der Waals surface area contributed by atoms with Crippen LogP contribution in [-0.4, -0.2) is 48.3 Å². The summed E-state index contributed by atoms with van der Waals surface area (Å²) < 4.78 is 0. The molecule has 2 aliphatic heterocycles. The third kappa shape index (κ3) is 2.99. The van der Waals surface area contributed by atoms with E-state index < -0.39 is 0 Å². The third-order valence-corrected chi connectivity index (χ3v) is 5.15. The molecule has 2 aliphatic rings. The van der Waals surface area contributed by atoms with E-state index in [9.17, 15) is 9.59 Å². The lowest BCUT2D eigenvalue weighted by molar-refractivity contribution is -0.132. The van der Waals surface area contributed by atoms with Crippen LogP contribution in [0, 0.1) is 23.7 Å². The molecule has 20 heavy (non-hydrogen) atoms. The van der Waals surface area contributed by atoms with Gasteiger partial charge in [0, 0.05) is 38.5 Å². The number of hydrogen-bond donors (Lipinski definition) is 0. The van der Waals surface area contributed by atoms with Crippen molar-refractivity contribution < 1.29 is 9.59 Å². The van der Waals surface area contributed by atoms with Crippen molar-refractivity contribution in [1.82, 2.24) is 9.80 Å². The maximum absolute atomic E-state index is 12.2. The summed E-state index contributed by atoms with van der Waals surface area (Å²) in [5.41, 5.74) is 0. The quantitative estimate of drug-likeness (QED) is 0.773. The van der Waals surface area contributed by atoms with E-state index >= 15 is 0 Å². The van der Waals surface area contributed by atoms with Crippen molar-refractivity contribution in [3.05, 3.63) is 0 Å². The van der Waals surface area contributed by atoms with Crippen LogP contribution in [0.25, 0.3) is 0 Å². The number of rotatable bonds is 5. The van der Waals surface area contributed by atoms with E-state index in [1.54, 1.807) is 0 Å². The van der Waals surface area contributed by atoms with Crippen molar-refractivity contribution in [2.24, 2.45) is 23.7 Å². The highest BCUT2D eigenvalue weighted by atomic mass is 16.2. The predicted molar refractivity (Wildman–Crippen MR) is 79.1 cm³/mol. The highest BCUT2D eigenvalue weighted by Gasteiger charge is 2.36. The minimum Gasteiger partial charge on any atom is -0.345 e. The second kappa shape index (κ2) is 6.15. The summed E-state index contributed by atoms with van der Waals surface area (Å²) in [4.78, 5) is 28.1.